The normalized spacial score (nSPS) is 25.6. The Hall–Kier alpha value is -2.27. The molecule has 1 amide bonds. The van der Waals surface area contributed by atoms with Crippen LogP contribution in [-0.4, -0.2) is 51.4 Å². The van der Waals surface area contributed by atoms with Gasteiger partial charge >= 0.3 is 0 Å². The van der Waals surface area contributed by atoms with Crippen LogP contribution in [0.25, 0.3) is 0 Å². The maximum atomic E-state index is 12.6. The standard InChI is InChI=1S/C24H30N4O/c1-18-13-26-21(14-25-18)15-28-17-24(9-7-23(28)29)8-4-10-27(16-24)22-11-19-5-2-3-6-20(19)12-22/h2-3,5-6,13-14,22H,4,7-12,15-17H2,1H3. The third-order valence-corrected chi connectivity index (χ3v) is 7.17. The lowest BCUT2D eigenvalue weighted by Gasteiger charge is -2.49. The number of nitrogens with zero attached hydrogens (tertiary/aromatic N) is 4. The van der Waals surface area contributed by atoms with Crippen LogP contribution < -0.4 is 0 Å². The Kier molecular flexibility index (Phi) is 4.86. The largest absolute Gasteiger partial charge is 0.336 e. The van der Waals surface area contributed by atoms with Crippen LogP contribution in [0.3, 0.4) is 0 Å². The lowest BCUT2D eigenvalue weighted by Crippen LogP contribution is -2.55. The summed E-state index contributed by atoms with van der Waals surface area (Å²) in [7, 11) is 0. The molecule has 5 heteroatoms. The smallest absolute Gasteiger partial charge is 0.222 e. The molecule has 2 saturated heterocycles. The molecule has 3 aliphatic rings. The molecule has 1 spiro atoms. The lowest BCUT2D eigenvalue weighted by atomic mass is 9.73. The average Bonchev–Trinajstić information content (AvgIpc) is 3.17. The van der Waals surface area contributed by atoms with Crippen LogP contribution in [0.1, 0.15) is 48.2 Å². The molecule has 152 valence electrons. The second-order valence-corrected chi connectivity index (χ2v) is 9.30. The molecule has 2 aromatic rings. The molecule has 1 atom stereocenters. The summed E-state index contributed by atoms with van der Waals surface area (Å²) in [6, 6.07) is 9.53. The summed E-state index contributed by atoms with van der Waals surface area (Å²) in [6.07, 6.45) is 10.1. The summed E-state index contributed by atoms with van der Waals surface area (Å²) in [5.41, 5.74) is 5.08. The molecule has 2 fully saturated rings. The third-order valence-electron chi connectivity index (χ3n) is 7.17. The Morgan fingerprint density at radius 2 is 1.86 bits per heavy atom. The Bertz CT molecular complexity index is 871. The lowest BCUT2D eigenvalue weighted by molar-refractivity contribution is -0.140. The number of aryl methyl sites for hydroxylation is 1. The zero-order chi connectivity index (χ0) is 19.8. The maximum absolute atomic E-state index is 12.6. The highest BCUT2D eigenvalue weighted by molar-refractivity contribution is 5.77. The van der Waals surface area contributed by atoms with Crippen molar-refractivity contribution >= 4 is 5.91 Å². The van der Waals surface area contributed by atoms with Gasteiger partial charge in [-0.1, -0.05) is 24.3 Å². The number of carbonyl (C=O) groups excluding carboxylic acids is 1. The van der Waals surface area contributed by atoms with Crippen LogP contribution in [-0.2, 0) is 24.2 Å². The van der Waals surface area contributed by atoms with Gasteiger partial charge in [0.1, 0.15) is 0 Å². The summed E-state index contributed by atoms with van der Waals surface area (Å²) in [4.78, 5) is 26.2. The van der Waals surface area contributed by atoms with Gasteiger partial charge in [0, 0.05) is 37.2 Å². The molecule has 5 nitrogen and oxygen atoms in total. The number of carbonyl (C=O) groups is 1. The van der Waals surface area contributed by atoms with E-state index in [0.29, 0.717) is 19.0 Å². The highest BCUT2D eigenvalue weighted by Crippen LogP contribution is 2.41. The van der Waals surface area contributed by atoms with Crippen LogP contribution in [0.15, 0.2) is 36.7 Å². The fourth-order valence-electron chi connectivity index (χ4n) is 5.63. The van der Waals surface area contributed by atoms with E-state index in [0.717, 1.165) is 30.9 Å². The molecule has 1 aromatic carbocycles. The quantitative estimate of drug-likeness (QED) is 0.808. The van der Waals surface area contributed by atoms with Gasteiger partial charge in [0.05, 0.1) is 24.1 Å². The summed E-state index contributed by atoms with van der Waals surface area (Å²) >= 11 is 0. The Morgan fingerprint density at radius 1 is 1.07 bits per heavy atom. The van der Waals surface area contributed by atoms with Gasteiger partial charge in [-0.2, -0.15) is 0 Å². The molecule has 0 bridgehead atoms. The first kappa shape index (κ1) is 18.7. The van der Waals surface area contributed by atoms with Crippen molar-refractivity contribution in [2.45, 2.75) is 58.0 Å². The summed E-state index contributed by atoms with van der Waals surface area (Å²) in [5, 5.41) is 0. The predicted octanol–water partition coefficient (Wildman–Crippen LogP) is 3.16. The second-order valence-electron chi connectivity index (χ2n) is 9.30. The summed E-state index contributed by atoms with van der Waals surface area (Å²) in [6.45, 7) is 5.70. The van der Waals surface area contributed by atoms with Crippen molar-refractivity contribution in [3.8, 4) is 0 Å². The molecule has 29 heavy (non-hydrogen) atoms. The number of rotatable bonds is 3. The minimum absolute atomic E-state index is 0.235. The first-order valence-corrected chi connectivity index (χ1v) is 11.0. The topological polar surface area (TPSA) is 49.3 Å². The fraction of sp³-hybridized carbons (Fsp3) is 0.542. The van der Waals surface area contributed by atoms with E-state index in [4.69, 9.17) is 0 Å². The molecule has 0 N–H and O–H groups in total. The molecule has 1 unspecified atom stereocenters. The number of hydrogen-bond acceptors (Lipinski definition) is 4. The number of fused-ring (bicyclic) bond motifs is 1. The number of amides is 1. The first-order valence-electron chi connectivity index (χ1n) is 11.0. The monoisotopic (exact) mass is 390 g/mol. The highest BCUT2D eigenvalue weighted by atomic mass is 16.2. The van der Waals surface area contributed by atoms with E-state index in [2.05, 4.69) is 39.1 Å². The van der Waals surface area contributed by atoms with Gasteiger partial charge in [-0.05, 0) is 56.7 Å². The van der Waals surface area contributed by atoms with Gasteiger partial charge in [-0.3, -0.25) is 19.7 Å². The van der Waals surface area contributed by atoms with Crippen molar-refractivity contribution in [3.05, 3.63) is 59.2 Å². The van der Waals surface area contributed by atoms with Gasteiger partial charge in [-0.25, -0.2) is 0 Å². The number of likely N-dealkylation sites (tertiary alicyclic amines) is 2. The molecule has 2 aliphatic heterocycles. The van der Waals surface area contributed by atoms with Crippen LogP contribution in [0, 0.1) is 12.3 Å². The van der Waals surface area contributed by atoms with Gasteiger partial charge in [0.15, 0.2) is 0 Å². The van der Waals surface area contributed by atoms with E-state index in [1.165, 1.54) is 43.4 Å². The molecule has 1 aliphatic carbocycles. The predicted molar refractivity (Wildman–Crippen MR) is 112 cm³/mol. The molecule has 0 saturated carbocycles. The zero-order valence-electron chi connectivity index (χ0n) is 17.3. The van der Waals surface area contributed by atoms with E-state index in [1.807, 2.05) is 18.0 Å². The van der Waals surface area contributed by atoms with Crippen LogP contribution in [0.2, 0.25) is 0 Å². The van der Waals surface area contributed by atoms with Gasteiger partial charge in [0.2, 0.25) is 5.91 Å². The van der Waals surface area contributed by atoms with Crippen LogP contribution in [0.5, 0.6) is 0 Å². The Morgan fingerprint density at radius 3 is 2.59 bits per heavy atom. The molecular formula is C24H30N4O. The van der Waals surface area contributed by atoms with Crippen molar-refractivity contribution in [2.75, 3.05) is 19.6 Å². The van der Waals surface area contributed by atoms with Crippen molar-refractivity contribution in [1.82, 2.24) is 19.8 Å². The molecule has 5 rings (SSSR count). The molecule has 1 aromatic heterocycles. The van der Waals surface area contributed by atoms with Crippen molar-refractivity contribution in [2.24, 2.45) is 5.41 Å². The Labute approximate surface area is 173 Å². The maximum Gasteiger partial charge on any atom is 0.222 e. The second kappa shape index (κ2) is 7.52. The van der Waals surface area contributed by atoms with Crippen LogP contribution >= 0.6 is 0 Å². The summed E-state index contributed by atoms with van der Waals surface area (Å²) < 4.78 is 0. The average molecular weight is 391 g/mol. The van der Waals surface area contributed by atoms with Gasteiger partial charge in [0.25, 0.3) is 0 Å². The zero-order valence-corrected chi connectivity index (χ0v) is 17.3. The number of aromatic nitrogens is 2. The first-order chi connectivity index (χ1) is 14.1. The SMILES string of the molecule is Cc1cnc(CN2CC3(CCCN(C4Cc5ccccc5C4)C3)CCC2=O)cn1. The fourth-order valence-corrected chi connectivity index (χ4v) is 5.63. The van der Waals surface area contributed by atoms with E-state index in [-0.39, 0.29) is 11.3 Å². The minimum atomic E-state index is 0.235. The highest BCUT2D eigenvalue weighted by Gasteiger charge is 2.43. The number of hydrogen-bond donors (Lipinski definition) is 0. The van der Waals surface area contributed by atoms with Gasteiger partial charge < -0.3 is 4.90 Å². The minimum Gasteiger partial charge on any atom is -0.336 e. The van der Waals surface area contributed by atoms with Crippen molar-refractivity contribution in [1.29, 1.82) is 0 Å². The molecule has 0 radical (unpaired) electrons. The van der Waals surface area contributed by atoms with E-state index >= 15 is 0 Å². The van der Waals surface area contributed by atoms with E-state index in [9.17, 15) is 4.79 Å². The molecular weight excluding hydrogens is 360 g/mol. The van der Waals surface area contributed by atoms with Gasteiger partial charge in [-0.15, -0.1) is 0 Å². The molecule has 3 heterocycles. The summed E-state index contributed by atoms with van der Waals surface area (Å²) in [5.74, 6) is 0.267. The van der Waals surface area contributed by atoms with E-state index < -0.39 is 0 Å². The van der Waals surface area contributed by atoms with Crippen molar-refractivity contribution < 1.29 is 4.79 Å². The Balaban J connectivity index is 1.28. The number of benzene rings is 1. The third kappa shape index (κ3) is 3.80. The van der Waals surface area contributed by atoms with Crippen molar-refractivity contribution in [3.63, 3.8) is 0 Å². The van der Waals surface area contributed by atoms with Crippen LogP contribution in [0.4, 0.5) is 0 Å². The van der Waals surface area contributed by atoms with E-state index in [1.54, 1.807) is 6.20 Å². The number of piperidine rings is 2.